The van der Waals surface area contributed by atoms with Crippen molar-refractivity contribution < 1.29 is 9.53 Å². The number of carbonyl (C=O) groups excluding carboxylic acids is 1. The first kappa shape index (κ1) is 18.9. The molecule has 2 saturated heterocycles. The number of likely N-dealkylation sites (N-methyl/N-ethyl adjacent to an activating group) is 1. The largest absolute Gasteiger partial charge is 0.376 e. The highest BCUT2D eigenvalue weighted by Gasteiger charge is 2.33. The fourth-order valence-electron chi connectivity index (χ4n) is 3.98. The van der Waals surface area contributed by atoms with Crippen molar-refractivity contribution in [3.63, 3.8) is 0 Å². The van der Waals surface area contributed by atoms with Gasteiger partial charge in [0.15, 0.2) is 0 Å². The van der Waals surface area contributed by atoms with Gasteiger partial charge in [0.05, 0.1) is 12.1 Å². The Morgan fingerprint density at radius 2 is 2.12 bits per heavy atom. The number of aromatic nitrogens is 2. The van der Waals surface area contributed by atoms with Crippen LogP contribution >= 0.6 is 0 Å². The molecule has 0 radical (unpaired) electrons. The highest BCUT2D eigenvalue weighted by atomic mass is 16.5. The minimum absolute atomic E-state index is 0.130. The number of carbonyl (C=O) groups is 1. The summed E-state index contributed by atoms with van der Waals surface area (Å²) >= 11 is 0. The molecule has 3 rings (SSSR count). The molecule has 0 aromatic carbocycles. The van der Waals surface area contributed by atoms with Crippen molar-refractivity contribution in [1.29, 1.82) is 0 Å². The maximum absolute atomic E-state index is 12.5. The number of rotatable bonds is 5. The monoisotopic (exact) mass is 361 g/mol. The van der Waals surface area contributed by atoms with Crippen LogP contribution in [0, 0.1) is 5.92 Å². The van der Waals surface area contributed by atoms with E-state index < -0.39 is 0 Å². The molecule has 2 aliphatic rings. The predicted octanol–water partition coefficient (Wildman–Crippen LogP) is 2.15. The molecule has 3 heterocycles. The molecular weight excluding hydrogens is 330 g/mol. The Morgan fingerprint density at radius 3 is 2.85 bits per heavy atom. The van der Waals surface area contributed by atoms with Crippen LogP contribution in [-0.2, 0) is 9.53 Å². The zero-order valence-electron chi connectivity index (χ0n) is 16.3. The summed E-state index contributed by atoms with van der Waals surface area (Å²) in [5.74, 6) is 2.21. The number of hydrogen-bond acceptors (Lipinski definition) is 6. The summed E-state index contributed by atoms with van der Waals surface area (Å²) in [5.41, 5.74) is 0. The molecule has 0 unspecified atom stereocenters. The van der Waals surface area contributed by atoms with Crippen molar-refractivity contribution >= 4 is 17.5 Å². The molecule has 0 saturated carbocycles. The second-order valence-electron chi connectivity index (χ2n) is 7.82. The summed E-state index contributed by atoms with van der Waals surface area (Å²) in [7, 11) is 3.61. The minimum Gasteiger partial charge on any atom is -0.376 e. The molecule has 0 spiro atoms. The molecular formula is C19H31N5O2. The van der Waals surface area contributed by atoms with E-state index >= 15 is 0 Å². The topological polar surface area (TPSA) is 70.6 Å². The van der Waals surface area contributed by atoms with Gasteiger partial charge < -0.3 is 19.9 Å². The lowest BCUT2D eigenvalue weighted by molar-refractivity contribution is -0.129. The Bertz CT molecular complexity index is 622. The number of ether oxygens (including phenoxy) is 1. The van der Waals surface area contributed by atoms with Crippen LogP contribution in [0.15, 0.2) is 12.4 Å². The quantitative estimate of drug-likeness (QED) is 0.866. The predicted molar refractivity (Wildman–Crippen MR) is 102 cm³/mol. The Kier molecular flexibility index (Phi) is 5.96. The van der Waals surface area contributed by atoms with Gasteiger partial charge in [-0.1, -0.05) is 13.8 Å². The molecule has 0 bridgehead atoms. The van der Waals surface area contributed by atoms with E-state index in [1.807, 2.05) is 6.07 Å². The van der Waals surface area contributed by atoms with Gasteiger partial charge in [-0.05, 0) is 31.6 Å². The van der Waals surface area contributed by atoms with Crippen molar-refractivity contribution in [2.45, 2.75) is 57.7 Å². The number of anilines is 2. The maximum atomic E-state index is 12.5. The zero-order valence-corrected chi connectivity index (χ0v) is 16.3. The molecule has 3 atom stereocenters. The van der Waals surface area contributed by atoms with E-state index in [0.717, 1.165) is 50.5 Å². The van der Waals surface area contributed by atoms with Crippen LogP contribution in [0.5, 0.6) is 0 Å². The molecule has 2 aliphatic heterocycles. The van der Waals surface area contributed by atoms with Crippen LogP contribution in [0.2, 0.25) is 0 Å². The van der Waals surface area contributed by atoms with Gasteiger partial charge in [0.25, 0.3) is 0 Å². The van der Waals surface area contributed by atoms with Crippen molar-refractivity contribution in [2.75, 3.05) is 37.5 Å². The lowest BCUT2D eigenvalue weighted by Crippen LogP contribution is -2.44. The number of hydrogen-bond donors (Lipinski definition) is 1. The van der Waals surface area contributed by atoms with Crippen molar-refractivity contribution in [3.8, 4) is 0 Å². The standard InChI is InChI=1S/C19H31N5O2/c1-13(2)18-14(7-6-10-26-18)22-16-11-17(21-12-20-16)24-9-5-8-15(24)19(25)23(3)4/h11-15,18H,5-10H2,1-4H3,(H,20,21,22)/t14-,15-,18-/m0/s1. The Labute approximate surface area is 156 Å². The van der Waals surface area contributed by atoms with E-state index in [4.69, 9.17) is 4.74 Å². The average Bonchev–Trinajstić information content (AvgIpc) is 3.11. The summed E-state index contributed by atoms with van der Waals surface area (Å²) in [5, 5.41) is 3.54. The van der Waals surface area contributed by atoms with Crippen LogP contribution in [0.4, 0.5) is 11.6 Å². The van der Waals surface area contributed by atoms with Gasteiger partial charge in [-0.3, -0.25) is 4.79 Å². The fourth-order valence-corrected chi connectivity index (χ4v) is 3.98. The van der Waals surface area contributed by atoms with Gasteiger partial charge in [0, 0.05) is 33.3 Å². The lowest BCUT2D eigenvalue weighted by Gasteiger charge is -2.35. The molecule has 0 aliphatic carbocycles. The van der Waals surface area contributed by atoms with E-state index in [-0.39, 0.29) is 24.1 Å². The van der Waals surface area contributed by atoms with Crippen LogP contribution in [0.3, 0.4) is 0 Å². The molecule has 1 aromatic rings. The van der Waals surface area contributed by atoms with Crippen molar-refractivity contribution in [3.05, 3.63) is 12.4 Å². The van der Waals surface area contributed by atoms with Crippen LogP contribution in [0.25, 0.3) is 0 Å². The second kappa shape index (κ2) is 8.20. The molecule has 1 amide bonds. The Morgan fingerprint density at radius 1 is 1.31 bits per heavy atom. The maximum Gasteiger partial charge on any atom is 0.244 e. The van der Waals surface area contributed by atoms with Crippen molar-refractivity contribution in [1.82, 2.24) is 14.9 Å². The van der Waals surface area contributed by atoms with Gasteiger partial charge in [-0.2, -0.15) is 0 Å². The van der Waals surface area contributed by atoms with Gasteiger partial charge in [-0.15, -0.1) is 0 Å². The van der Waals surface area contributed by atoms with Crippen LogP contribution in [0.1, 0.15) is 39.5 Å². The molecule has 26 heavy (non-hydrogen) atoms. The van der Waals surface area contributed by atoms with E-state index in [2.05, 4.69) is 34.0 Å². The lowest BCUT2D eigenvalue weighted by atomic mass is 9.94. The SMILES string of the molecule is CC(C)[C@@H]1OCCC[C@@H]1Nc1cc(N2CCC[C@H]2C(=O)N(C)C)ncn1. The number of nitrogens with one attached hydrogen (secondary N) is 1. The number of nitrogens with zero attached hydrogens (tertiary/aromatic N) is 4. The molecule has 1 aromatic heterocycles. The molecule has 144 valence electrons. The van der Waals surface area contributed by atoms with E-state index in [9.17, 15) is 4.79 Å². The molecule has 2 fully saturated rings. The summed E-state index contributed by atoms with van der Waals surface area (Å²) in [6.07, 6.45) is 5.79. The van der Waals surface area contributed by atoms with Crippen LogP contribution in [-0.4, -0.2) is 66.2 Å². The Hall–Kier alpha value is -1.89. The van der Waals surface area contributed by atoms with Crippen molar-refractivity contribution in [2.24, 2.45) is 5.92 Å². The van der Waals surface area contributed by atoms with E-state index in [1.54, 1.807) is 25.3 Å². The first-order valence-corrected chi connectivity index (χ1v) is 9.65. The van der Waals surface area contributed by atoms with E-state index in [1.165, 1.54) is 0 Å². The third-order valence-electron chi connectivity index (χ3n) is 5.28. The van der Waals surface area contributed by atoms with Gasteiger partial charge >= 0.3 is 0 Å². The highest BCUT2D eigenvalue weighted by molar-refractivity contribution is 5.85. The third-order valence-corrected chi connectivity index (χ3v) is 5.28. The fraction of sp³-hybridized carbons (Fsp3) is 0.737. The summed E-state index contributed by atoms with van der Waals surface area (Å²) in [6.45, 7) is 6.07. The van der Waals surface area contributed by atoms with Gasteiger partial charge in [0.1, 0.15) is 24.0 Å². The summed E-state index contributed by atoms with van der Waals surface area (Å²) in [6, 6.07) is 2.09. The Balaban J connectivity index is 1.74. The minimum atomic E-state index is -0.130. The summed E-state index contributed by atoms with van der Waals surface area (Å²) in [4.78, 5) is 25.1. The van der Waals surface area contributed by atoms with Gasteiger partial charge in [-0.25, -0.2) is 9.97 Å². The van der Waals surface area contributed by atoms with Gasteiger partial charge in [0.2, 0.25) is 5.91 Å². The normalized spacial score (nSPS) is 26.2. The molecule has 1 N–H and O–H groups in total. The molecule has 7 heteroatoms. The highest BCUT2D eigenvalue weighted by Crippen LogP contribution is 2.28. The first-order valence-electron chi connectivity index (χ1n) is 9.65. The first-order chi connectivity index (χ1) is 12.5. The van der Waals surface area contributed by atoms with Crippen LogP contribution < -0.4 is 10.2 Å². The molecule has 7 nitrogen and oxygen atoms in total. The number of amides is 1. The summed E-state index contributed by atoms with van der Waals surface area (Å²) < 4.78 is 5.96. The second-order valence-corrected chi connectivity index (χ2v) is 7.82. The zero-order chi connectivity index (χ0) is 18.7. The third kappa shape index (κ3) is 4.09. The smallest absolute Gasteiger partial charge is 0.244 e. The van der Waals surface area contributed by atoms with E-state index in [0.29, 0.717) is 5.92 Å². The average molecular weight is 361 g/mol.